The molecular formula is C26H37F3N4O3. The highest BCUT2D eigenvalue weighted by atomic mass is 19.4. The molecule has 4 rings (SSSR count). The molecule has 0 radical (unpaired) electrons. The van der Waals surface area contributed by atoms with Gasteiger partial charge in [-0.15, -0.1) is 0 Å². The number of carbonyl (C=O) groups is 1. The van der Waals surface area contributed by atoms with Gasteiger partial charge in [-0.1, -0.05) is 26.3 Å². The summed E-state index contributed by atoms with van der Waals surface area (Å²) in [5, 5.41) is 12.1. The molecule has 200 valence electrons. The van der Waals surface area contributed by atoms with Gasteiger partial charge >= 0.3 is 12.1 Å². The molecule has 0 spiro atoms. The summed E-state index contributed by atoms with van der Waals surface area (Å²) in [5.41, 5.74) is -1.27. The van der Waals surface area contributed by atoms with Crippen LogP contribution in [0.1, 0.15) is 59.1 Å². The number of piperazine rings is 1. The fraction of sp³-hybridized carbons (Fsp3) is 0.731. The summed E-state index contributed by atoms with van der Waals surface area (Å²) in [6, 6.07) is 0.887. The number of nitrogens with zero attached hydrogens (tertiary/aromatic N) is 4. The second-order valence-corrected chi connectivity index (χ2v) is 11.0. The predicted octanol–water partition coefficient (Wildman–Crippen LogP) is 4.07. The minimum Gasteiger partial charge on any atom is -0.458 e. The number of alkyl halides is 3. The number of halogens is 3. The van der Waals surface area contributed by atoms with E-state index in [1.807, 2.05) is 6.92 Å². The van der Waals surface area contributed by atoms with Gasteiger partial charge in [0.15, 0.2) is 0 Å². The number of aliphatic hydroxyl groups is 1. The van der Waals surface area contributed by atoms with Crippen LogP contribution in [0.2, 0.25) is 0 Å². The van der Waals surface area contributed by atoms with Crippen LogP contribution < -0.4 is 4.90 Å². The predicted molar refractivity (Wildman–Crippen MR) is 129 cm³/mol. The van der Waals surface area contributed by atoms with Gasteiger partial charge in [0.05, 0.1) is 5.60 Å². The maximum absolute atomic E-state index is 13.0. The number of aromatic nitrogens is 2. The Bertz CT molecular complexity index is 995. The Morgan fingerprint density at radius 2 is 2.00 bits per heavy atom. The number of esters is 1. The standard InChI is InChI=1S/C26H37F3N4O3/c1-17-14-20-6-5-8-24(4,25(20,35)15-21(17)36-19(3)34)18(2)16-32-10-12-33(13-11-32)23-30-9-7-22(31-23)26(27,28)29/h7,9,14,18,20-21,35H,5-6,8,10-13,15-16H2,1-4H3/t18?,20-,21+,24+,25+/m0/s1. The highest BCUT2D eigenvalue weighted by Crippen LogP contribution is 2.56. The van der Waals surface area contributed by atoms with Crippen LogP contribution in [0, 0.1) is 17.3 Å². The Morgan fingerprint density at radius 1 is 1.31 bits per heavy atom. The van der Waals surface area contributed by atoms with Crippen LogP contribution in [-0.2, 0) is 15.7 Å². The summed E-state index contributed by atoms with van der Waals surface area (Å²) in [7, 11) is 0. The topological polar surface area (TPSA) is 78.8 Å². The molecule has 2 aliphatic carbocycles. The smallest absolute Gasteiger partial charge is 0.433 e. The number of hydrogen-bond donors (Lipinski definition) is 1. The Labute approximate surface area is 210 Å². The van der Waals surface area contributed by atoms with Crippen molar-refractivity contribution in [2.75, 3.05) is 37.6 Å². The van der Waals surface area contributed by atoms with E-state index in [-0.39, 0.29) is 29.2 Å². The number of rotatable bonds is 5. The van der Waals surface area contributed by atoms with E-state index >= 15 is 0 Å². The number of ether oxygens (including phenoxy) is 1. The third-order valence-electron chi connectivity index (χ3n) is 8.80. The van der Waals surface area contributed by atoms with Crippen LogP contribution in [-0.4, -0.2) is 70.4 Å². The van der Waals surface area contributed by atoms with Gasteiger partial charge in [0.25, 0.3) is 0 Å². The molecule has 3 aliphatic rings. The molecule has 2 fully saturated rings. The minimum absolute atomic E-state index is 0.0282. The summed E-state index contributed by atoms with van der Waals surface area (Å²) in [4.78, 5) is 23.5. The second-order valence-electron chi connectivity index (χ2n) is 11.0. The summed E-state index contributed by atoms with van der Waals surface area (Å²) < 4.78 is 44.7. The molecule has 2 heterocycles. The number of anilines is 1. The minimum atomic E-state index is -4.50. The van der Waals surface area contributed by atoms with Crippen molar-refractivity contribution in [1.29, 1.82) is 0 Å². The molecule has 7 nitrogen and oxygen atoms in total. The van der Waals surface area contributed by atoms with Gasteiger partial charge in [-0.3, -0.25) is 9.69 Å². The van der Waals surface area contributed by atoms with Crippen LogP contribution >= 0.6 is 0 Å². The fourth-order valence-electron chi connectivity index (χ4n) is 6.43. The van der Waals surface area contributed by atoms with Crippen LogP contribution in [0.4, 0.5) is 19.1 Å². The first-order valence-electron chi connectivity index (χ1n) is 12.8. The maximum Gasteiger partial charge on any atom is 0.433 e. The molecular weight excluding hydrogens is 473 g/mol. The normalized spacial score (nSPS) is 32.4. The van der Waals surface area contributed by atoms with E-state index in [1.165, 1.54) is 6.92 Å². The number of carbonyl (C=O) groups excluding carboxylic acids is 1. The average molecular weight is 511 g/mol. The number of hydrogen-bond acceptors (Lipinski definition) is 7. The third kappa shape index (κ3) is 5.11. The Kier molecular flexibility index (Phi) is 7.41. The molecule has 0 amide bonds. The van der Waals surface area contributed by atoms with Crippen LogP contribution in [0.3, 0.4) is 0 Å². The van der Waals surface area contributed by atoms with Gasteiger partial charge in [0.1, 0.15) is 11.8 Å². The van der Waals surface area contributed by atoms with Gasteiger partial charge < -0.3 is 14.7 Å². The van der Waals surface area contributed by atoms with Crippen molar-refractivity contribution in [1.82, 2.24) is 14.9 Å². The van der Waals surface area contributed by atoms with E-state index < -0.39 is 23.6 Å². The molecule has 1 N–H and O–H groups in total. The van der Waals surface area contributed by atoms with E-state index in [4.69, 9.17) is 4.74 Å². The molecule has 1 saturated carbocycles. The molecule has 1 aliphatic heterocycles. The lowest BCUT2D eigenvalue weighted by Gasteiger charge is -2.58. The molecule has 1 saturated heterocycles. The second kappa shape index (κ2) is 9.93. The van der Waals surface area contributed by atoms with Crippen molar-refractivity contribution < 1.29 is 27.8 Å². The van der Waals surface area contributed by atoms with E-state index in [1.54, 1.807) is 4.90 Å². The number of fused-ring (bicyclic) bond motifs is 1. The lowest BCUT2D eigenvalue weighted by molar-refractivity contribution is -0.186. The van der Waals surface area contributed by atoms with Gasteiger partial charge in [0, 0.05) is 63.6 Å². The molecule has 1 aromatic rings. The van der Waals surface area contributed by atoms with Crippen molar-refractivity contribution in [3.05, 3.63) is 29.6 Å². The summed E-state index contributed by atoms with van der Waals surface area (Å²) in [5.74, 6) is -0.0513. The zero-order chi connectivity index (χ0) is 26.3. The maximum atomic E-state index is 13.0. The van der Waals surface area contributed by atoms with Crippen molar-refractivity contribution in [2.45, 2.75) is 71.3 Å². The lowest BCUT2D eigenvalue weighted by atomic mass is 9.51. The highest BCUT2D eigenvalue weighted by molar-refractivity contribution is 5.66. The first-order valence-corrected chi connectivity index (χ1v) is 12.8. The van der Waals surface area contributed by atoms with Crippen molar-refractivity contribution >= 4 is 11.9 Å². The van der Waals surface area contributed by atoms with Gasteiger partial charge in [-0.05, 0) is 37.3 Å². The van der Waals surface area contributed by atoms with Crippen molar-refractivity contribution in [3.63, 3.8) is 0 Å². The van der Waals surface area contributed by atoms with Crippen molar-refractivity contribution in [2.24, 2.45) is 17.3 Å². The summed E-state index contributed by atoms with van der Waals surface area (Å²) >= 11 is 0. The van der Waals surface area contributed by atoms with Crippen molar-refractivity contribution in [3.8, 4) is 0 Å². The van der Waals surface area contributed by atoms with Gasteiger partial charge in [-0.25, -0.2) is 9.97 Å². The van der Waals surface area contributed by atoms with E-state index in [0.29, 0.717) is 32.6 Å². The molecule has 0 aromatic carbocycles. The molecule has 1 aromatic heterocycles. The largest absolute Gasteiger partial charge is 0.458 e. The first kappa shape index (κ1) is 26.9. The van der Waals surface area contributed by atoms with E-state index in [9.17, 15) is 23.1 Å². The molecule has 36 heavy (non-hydrogen) atoms. The fourth-order valence-corrected chi connectivity index (χ4v) is 6.43. The van der Waals surface area contributed by atoms with Gasteiger partial charge in [-0.2, -0.15) is 13.2 Å². The quantitative estimate of drug-likeness (QED) is 0.473. The SMILES string of the molecule is CC(=O)O[C@@H]1C[C@@]2(O)[C@H](C=C1C)CCC[C@]2(C)C(C)CN1CCN(c2nccc(C(F)(F)F)n2)CC1. The highest BCUT2D eigenvalue weighted by Gasteiger charge is 2.58. The molecule has 10 heteroatoms. The zero-order valence-electron chi connectivity index (χ0n) is 21.5. The molecule has 0 bridgehead atoms. The van der Waals surface area contributed by atoms with Crippen LogP contribution in [0.15, 0.2) is 23.9 Å². The third-order valence-corrected chi connectivity index (χ3v) is 8.80. The zero-order valence-corrected chi connectivity index (χ0v) is 21.5. The molecule has 5 atom stereocenters. The van der Waals surface area contributed by atoms with Crippen LogP contribution in [0.25, 0.3) is 0 Å². The Morgan fingerprint density at radius 3 is 2.64 bits per heavy atom. The van der Waals surface area contributed by atoms with Crippen LogP contribution in [0.5, 0.6) is 0 Å². The van der Waals surface area contributed by atoms with E-state index in [0.717, 1.165) is 43.6 Å². The van der Waals surface area contributed by atoms with Gasteiger partial charge in [0.2, 0.25) is 5.95 Å². The Balaban J connectivity index is 1.42. The Hall–Kier alpha value is -2.20. The average Bonchev–Trinajstić information content (AvgIpc) is 2.81. The lowest BCUT2D eigenvalue weighted by Crippen LogP contribution is -2.62. The summed E-state index contributed by atoms with van der Waals surface area (Å²) in [6.45, 7) is 10.9. The summed E-state index contributed by atoms with van der Waals surface area (Å²) in [6.07, 6.45) is 1.59. The molecule has 1 unspecified atom stereocenters. The monoisotopic (exact) mass is 510 g/mol. The first-order chi connectivity index (χ1) is 16.8. The van der Waals surface area contributed by atoms with E-state index in [2.05, 4.69) is 34.8 Å².